The minimum absolute atomic E-state index is 0.618. The average molecular weight is 492 g/mol. The van der Waals surface area contributed by atoms with Crippen LogP contribution in [0, 0.1) is 0 Å². The Balaban J connectivity index is 2.41. The van der Waals surface area contributed by atoms with Crippen LogP contribution in [0.15, 0.2) is 48.5 Å². The minimum atomic E-state index is -1.45. The first-order chi connectivity index (χ1) is 10.1. The van der Waals surface area contributed by atoms with Crippen molar-refractivity contribution in [2.45, 2.75) is 7.59 Å². The number of halogens is 6. The van der Waals surface area contributed by atoms with Gasteiger partial charge in [0, 0.05) is 0 Å². The summed E-state index contributed by atoms with van der Waals surface area (Å²) in [5.74, 6) is 0. The van der Waals surface area contributed by atoms with Gasteiger partial charge < -0.3 is 0 Å². The molecule has 0 aliphatic heterocycles. The maximum absolute atomic E-state index is 5.94. The Bertz CT molecular complexity index is 640. The Morgan fingerprint density at radius 1 is 0.682 bits per heavy atom. The molecule has 0 saturated carbocycles. The van der Waals surface area contributed by atoms with Crippen LogP contribution in [-0.4, -0.2) is 3.21 Å². The van der Waals surface area contributed by atoms with Crippen LogP contribution in [0.5, 0.6) is 0 Å². The van der Waals surface area contributed by atoms with Gasteiger partial charge in [0.1, 0.15) is 0 Å². The van der Waals surface area contributed by atoms with Gasteiger partial charge in [0.05, 0.1) is 0 Å². The SMILES string of the molecule is ClC(Cl)(Cl)c1cccc([C](=[Zr+2])c2cccc(C(Cl)(Cl)Cl)c2)c1. The summed E-state index contributed by atoms with van der Waals surface area (Å²) in [7, 11) is 0. The Labute approximate surface area is 173 Å². The molecule has 0 aliphatic rings. The normalized spacial score (nSPS) is 12.4. The van der Waals surface area contributed by atoms with Gasteiger partial charge in [-0.3, -0.25) is 0 Å². The van der Waals surface area contributed by atoms with Crippen molar-refractivity contribution in [3.63, 3.8) is 0 Å². The summed E-state index contributed by atoms with van der Waals surface area (Å²) in [5, 5.41) is 0. The second-order valence-electron chi connectivity index (χ2n) is 4.53. The number of rotatable bonds is 2. The van der Waals surface area contributed by atoms with Crippen molar-refractivity contribution < 1.29 is 24.2 Å². The molecule has 0 nitrogen and oxygen atoms in total. The van der Waals surface area contributed by atoms with E-state index in [-0.39, 0.29) is 0 Å². The average Bonchev–Trinajstić information content (AvgIpc) is 2.45. The van der Waals surface area contributed by atoms with Crippen LogP contribution in [0.3, 0.4) is 0 Å². The first-order valence-corrected chi connectivity index (χ1v) is 9.52. The predicted octanol–water partition coefficient (Wildman–Crippen LogP) is 6.46. The summed E-state index contributed by atoms with van der Waals surface area (Å²) in [6.07, 6.45) is 0. The van der Waals surface area contributed by atoms with Crippen molar-refractivity contribution in [1.82, 2.24) is 0 Å². The summed E-state index contributed by atoms with van der Waals surface area (Å²) in [6.45, 7) is 0. The van der Waals surface area contributed by atoms with Crippen LogP contribution in [0.25, 0.3) is 0 Å². The number of hydrogen-bond acceptors (Lipinski definition) is 0. The third-order valence-corrected chi connectivity index (χ3v) is 5.69. The van der Waals surface area contributed by atoms with Gasteiger partial charge >= 0.3 is 175 Å². The van der Waals surface area contributed by atoms with Crippen LogP contribution < -0.4 is 0 Å². The third kappa shape index (κ3) is 4.96. The Morgan fingerprint density at radius 3 is 1.36 bits per heavy atom. The van der Waals surface area contributed by atoms with Gasteiger partial charge in [-0.2, -0.15) is 0 Å². The first-order valence-electron chi connectivity index (χ1n) is 6.03. The van der Waals surface area contributed by atoms with Gasteiger partial charge in [-0.05, 0) is 0 Å². The summed E-state index contributed by atoms with van der Waals surface area (Å²) >= 11 is 36.9. The molecule has 7 heteroatoms. The molecule has 0 spiro atoms. The maximum atomic E-state index is 5.94. The van der Waals surface area contributed by atoms with E-state index in [1.807, 2.05) is 36.4 Å². The van der Waals surface area contributed by atoms with Crippen molar-refractivity contribution in [2.75, 3.05) is 0 Å². The van der Waals surface area contributed by atoms with Gasteiger partial charge in [0.25, 0.3) is 0 Å². The molecule has 2 aromatic rings. The van der Waals surface area contributed by atoms with Crippen LogP contribution >= 0.6 is 69.6 Å². The molecule has 2 rings (SSSR count). The molecule has 0 amide bonds. The van der Waals surface area contributed by atoms with Gasteiger partial charge in [-0.25, -0.2) is 0 Å². The zero-order valence-electron chi connectivity index (χ0n) is 10.9. The van der Waals surface area contributed by atoms with Crippen molar-refractivity contribution >= 4 is 72.8 Å². The van der Waals surface area contributed by atoms with Crippen molar-refractivity contribution in [3.05, 3.63) is 70.8 Å². The van der Waals surface area contributed by atoms with E-state index in [1.165, 1.54) is 24.2 Å². The molecule has 0 saturated heterocycles. The Kier molecular flexibility index (Phi) is 6.52. The first kappa shape index (κ1) is 19.3. The van der Waals surface area contributed by atoms with Gasteiger partial charge in [-0.15, -0.1) is 0 Å². The summed E-state index contributed by atoms with van der Waals surface area (Å²) in [5.41, 5.74) is 3.19. The summed E-state index contributed by atoms with van der Waals surface area (Å²) < 4.78 is -1.82. The van der Waals surface area contributed by atoms with E-state index in [2.05, 4.69) is 0 Å². The molecule has 22 heavy (non-hydrogen) atoms. The Hall–Kier alpha value is 0.933. The number of hydrogen-bond donors (Lipinski definition) is 0. The summed E-state index contributed by atoms with van der Waals surface area (Å²) in [6, 6.07) is 14.9. The second kappa shape index (κ2) is 7.44. The van der Waals surface area contributed by atoms with E-state index < -0.39 is 7.59 Å². The van der Waals surface area contributed by atoms with Crippen LogP contribution in [0.2, 0.25) is 0 Å². The molecule has 0 heterocycles. The van der Waals surface area contributed by atoms with E-state index in [1.54, 1.807) is 12.1 Å². The zero-order chi connectivity index (χ0) is 16.5. The molecule has 2 aromatic carbocycles. The van der Waals surface area contributed by atoms with E-state index in [4.69, 9.17) is 69.6 Å². The predicted molar refractivity (Wildman–Crippen MR) is 94.6 cm³/mol. The fraction of sp³-hybridized carbons (Fsp3) is 0.133. The monoisotopic (exact) mass is 488 g/mol. The molecule has 0 N–H and O–H groups in total. The zero-order valence-corrected chi connectivity index (χ0v) is 17.9. The molecule has 0 aliphatic carbocycles. The topological polar surface area (TPSA) is 0 Å². The Morgan fingerprint density at radius 2 is 1.05 bits per heavy atom. The molecule has 0 fully saturated rings. The number of benzene rings is 2. The van der Waals surface area contributed by atoms with E-state index in [0.29, 0.717) is 11.1 Å². The van der Waals surface area contributed by atoms with Crippen molar-refractivity contribution in [2.24, 2.45) is 0 Å². The third-order valence-electron chi connectivity index (χ3n) is 2.96. The van der Waals surface area contributed by atoms with Crippen LogP contribution in [-0.2, 0) is 31.8 Å². The molecule has 0 unspecified atom stereocenters. The number of alkyl halides is 6. The summed E-state index contributed by atoms with van der Waals surface area (Å²) in [4.78, 5) is 0. The molecule has 0 radical (unpaired) electrons. The van der Waals surface area contributed by atoms with Crippen LogP contribution in [0.1, 0.15) is 22.3 Å². The molecule has 0 atom stereocenters. The fourth-order valence-electron chi connectivity index (χ4n) is 1.87. The van der Waals surface area contributed by atoms with Crippen molar-refractivity contribution in [1.29, 1.82) is 0 Å². The molecule has 0 bridgehead atoms. The van der Waals surface area contributed by atoms with Gasteiger partial charge in [-0.1, -0.05) is 0 Å². The van der Waals surface area contributed by atoms with Crippen molar-refractivity contribution in [3.8, 4) is 0 Å². The molecular formula is C15H8Cl6Zr+2. The molecule has 0 aromatic heterocycles. The molecule has 112 valence electrons. The quantitative estimate of drug-likeness (QED) is 0.423. The van der Waals surface area contributed by atoms with Crippen LogP contribution in [0.4, 0.5) is 0 Å². The molecular weight excluding hydrogens is 484 g/mol. The van der Waals surface area contributed by atoms with Gasteiger partial charge in [0.15, 0.2) is 0 Å². The second-order valence-corrected chi connectivity index (χ2v) is 10.3. The van der Waals surface area contributed by atoms with E-state index in [0.717, 1.165) is 14.3 Å². The van der Waals surface area contributed by atoms with E-state index in [9.17, 15) is 0 Å². The van der Waals surface area contributed by atoms with E-state index >= 15 is 0 Å². The standard InChI is InChI=1S/C15H8Cl6.Zr/c16-14(17,18)12-5-1-3-10(8-12)7-11-4-2-6-13(9-11)15(19,20)21;/h1-6,8-9H;/q;+2. The van der Waals surface area contributed by atoms with Gasteiger partial charge in [0.2, 0.25) is 0 Å². The fourth-order valence-corrected chi connectivity index (χ4v) is 3.34.